The summed E-state index contributed by atoms with van der Waals surface area (Å²) in [5.74, 6) is 0. The highest BCUT2D eigenvalue weighted by Gasteiger charge is 2.15. The molecule has 0 unspecified atom stereocenters. The predicted octanol–water partition coefficient (Wildman–Crippen LogP) is 3.22. The Morgan fingerprint density at radius 3 is 2.69 bits per heavy atom. The molecule has 5 aromatic rings. The van der Waals surface area contributed by atoms with Crippen LogP contribution in [0.5, 0.6) is 0 Å². The van der Waals surface area contributed by atoms with E-state index < -0.39 is 0 Å². The first-order chi connectivity index (χ1) is 14.2. The van der Waals surface area contributed by atoms with Crippen molar-refractivity contribution in [2.45, 2.75) is 0 Å². The van der Waals surface area contributed by atoms with Crippen LogP contribution in [0.1, 0.15) is 0 Å². The van der Waals surface area contributed by atoms with Gasteiger partial charge in [0.15, 0.2) is 5.69 Å². The first kappa shape index (κ1) is 16.9. The molecular formula is C22H16N6O. The predicted molar refractivity (Wildman–Crippen MR) is 112 cm³/mol. The Morgan fingerprint density at radius 1 is 0.897 bits per heavy atom. The van der Waals surface area contributed by atoms with Gasteiger partial charge in [0.1, 0.15) is 0 Å². The molecule has 7 nitrogen and oxygen atoms in total. The molecule has 0 amide bonds. The molecule has 0 atom stereocenters. The van der Waals surface area contributed by atoms with Crippen LogP contribution in [0.4, 0.5) is 5.69 Å². The molecule has 0 spiro atoms. The Balaban J connectivity index is 1.70. The zero-order valence-corrected chi connectivity index (χ0v) is 15.3. The lowest BCUT2D eigenvalue weighted by atomic mass is 10.2. The summed E-state index contributed by atoms with van der Waals surface area (Å²) < 4.78 is 3.35. The van der Waals surface area contributed by atoms with Crippen LogP contribution in [-0.4, -0.2) is 24.5 Å². The van der Waals surface area contributed by atoms with E-state index in [2.05, 4.69) is 15.2 Å². The molecule has 3 aromatic heterocycles. The summed E-state index contributed by atoms with van der Waals surface area (Å²) in [7, 11) is 0. The molecule has 0 aliphatic heterocycles. The van der Waals surface area contributed by atoms with Gasteiger partial charge in [-0.05, 0) is 36.4 Å². The van der Waals surface area contributed by atoms with Gasteiger partial charge < -0.3 is 5.73 Å². The lowest BCUT2D eigenvalue weighted by molar-refractivity contribution is 0.824. The molecule has 7 heteroatoms. The van der Waals surface area contributed by atoms with E-state index in [0.717, 1.165) is 22.3 Å². The number of nitrogens with zero attached hydrogens (tertiary/aromatic N) is 5. The summed E-state index contributed by atoms with van der Waals surface area (Å²) in [6.45, 7) is 0. The standard InChI is InChI=1S/C22H16N6O/c23-15-4-3-5-16(14-15)27-13-10-21(29)22(26-27)20-9-12-25-28(20)19-8-11-24-18-7-2-1-6-17(18)19/h1-14H,23H2. The fourth-order valence-electron chi connectivity index (χ4n) is 3.34. The third kappa shape index (κ3) is 2.94. The van der Waals surface area contributed by atoms with E-state index in [4.69, 9.17) is 5.73 Å². The Labute approximate surface area is 165 Å². The van der Waals surface area contributed by atoms with E-state index in [1.807, 2.05) is 42.5 Å². The summed E-state index contributed by atoms with van der Waals surface area (Å²) in [4.78, 5) is 17.1. The van der Waals surface area contributed by atoms with Crippen molar-refractivity contribution < 1.29 is 0 Å². The van der Waals surface area contributed by atoms with E-state index in [1.165, 1.54) is 6.07 Å². The minimum absolute atomic E-state index is 0.190. The number of hydrogen-bond acceptors (Lipinski definition) is 5. The summed E-state index contributed by atoms with van der Waals surface area (Å²) in [5, 5.41) is 9.95. The van der Waals surface area contributed by atoms with Gasteiger partial charge >= 0.3 is 0 Å². The Bertz CT molecular complexity index is 1400. The molecule has 2 N–H and O–H groups in total. The first-order valence-electron chi connectivity index (χ1n) is 9.05. The molecular weight excluding hydrogens is 364 g/mol. The third-order valence-electron chi connectivity index (χ3n) is 4.68. The highest BCUT2D eigenvalue weighted by molar-refractivity contribution is 5.87. The van der Waals surface area contributed by atoms with E-state index >= 15 is 0 Å². The van der Waals surface area contributed by atoms with Gasteiger partial charge in [0, 0.05) is 29.5 Å². The molecule has 3 heterocycles. The summed E-state index contributed by atoms with van der Waals surface area (Å²) in [6, 6.07) is 20.3. The number of rotatable bonds is 3. The Kier molecular flexibility index (Phi) is 3.91. The SMILES string of the molecule is Nc1cccc(-n2ccc(=O)c(-c3ccnn3-c3ccnc4ccccc34)n2)c1. The van der Waals surface area contributed by atoms with Crippen molar-refractivity contribution in [2.75, 3.05) is 5.73 Å². The van der Waals surface area contributed by atoms with Crippen LogP contribution in [0.15, 0.2) is 90.1 Å². The fraction of sp³-hybridized carbons (Fsp3) is 0. The first-order valence-corrected chi connectivity index (χ1v) is 9.05. The molecule has 0 radical (unpaired) electrons. The summed E-state index contributed by atoms with van der Waals surface area (Å²) >= 11 is 0. The minimum Gasteiger partial charge on any atom is -0.399 e. The van der Waals surface area contributed by atoms with Crippen molar-refractivity contribution in [1.82, 2.24) is 24.5 Å². The smallest absolute Gasteiger partial charge is 0.209 e. The minimum atomic E-state index is -0.190. The number of hydrogen-bond donors (Lipinski definition) is 1. The number of fused-ring (bicyclic) bond motifs is 1. The average molecular weight is 380 g/mol. The van der Waals surface area contributed by atoms with Gasteiger partial charge in [-0.1, -0.05) is 24.3 Å². The van der Waals surface area contributed by atoms with E-state index in [0.29, 0.717) is 17.1 Å². The quantitative estimate of drug-likeness (QED) is 0.485. The van der Waals surface area contributed by atoms with E-state index in [9.17, 15) is 4.79 Å². The second-order valence-corrected chi connectivity index (χ2v) is 6.54. The zero-order chi connectivity index (χ0) is 19.8. The number of benzene rings is 2. The van der Waals surface area contributed by atoms with Crippen molar-refractivity contribution in [1.29, 1.82) is 0 Å². The number of nitrogen functional groups attached to an aromatic ring is 1. The van der Waals surface area contributed by atoms with Gasteiger partial charge in [0.05, 0.1) is 28.8 Å². The molecule has 0 bridgehead atoms. The Hall–Kier alpha value is -4.26. The lowest BCUT2D eigenvalue weighted by Crippen LogP contribution is -2.15. The molecule has 0 aliphatic rings. The van der Waals surface area contributed by atoms with Crippen LogP contribution in [0.25, 0.3) is 33.7 Å². The number of nitrogens with two attached hydrogens (primary N) is 1. The van der Waals surface area contributed by atoms with Crippen LogP contribution in [0.2, 0.25) is 0 Å². The number of aromatic nitrogens is 5. The van der Waals surface area contributed by atoms with Crippen molar-refractivity contribution in [3.8, 4) is 22.8 Å². The van der Waals surface area contributed by atoms with Gasteiger partial charge in [-0.15, -0.1) is 0 Å². The van der Waals surface area contributed by atoms with Crippen molar-refractivity contribution in [2.24, 2.45) is 0 Å². The molecule has 0 saturated carbocycles. The average Bonchev–Trinajstić information content (AvgIpc) is 3.23. The summed E-state index contributed by atoms with van der Waals surface area (Å²) in [5.41, 5.74) is 9.67. The molecule has 0 fully saturated rings. The maximum Gasteiger partial charge on any atom is 0.209 e. The number of anilines is 1. The van der Waals surface area contributed by atoms with Crippen molar-refractivity contribution in [3.63, 3.8) is 0 Å². The van der Waals surface area contributed by atoms with Crippen molar-refractivity contribution in [3.05, 3.63) is 95.5 Å². The Morgan fingerprint density at radius 2 is 1.79 bits per heavy atom. The number of para-hydroxylation sites is 1. The van der Waals surface area contributed by atoms with Crippen molar-refractivity contribution >= 4 is 16.6 Å². The van der Waals surface area contributed by atoms with Gasteiger partial charge in [0.25, 0.3) is 0 Å². The van der Waals surface area contributed by atoms with Crippen LogP contribution in [-0.2, 0) is 0 Å². The highest BCUT2D eigenvalue weighted by Crippen LogP contribution is 2.24. The molecule has 5 rings (SSSR count). The van der Waals surface area contributed by atoms with Gasteiger partial charge in [-0.25, -0.2) is 9.36 Å². The monoisotopic (exact) mass is 380 g/mol. The maximum atomic E-state index is 12.7. The van der Waals surface area contributed by atoms with Gasteiger partial charge in [0.2, 0.25) is 5.43 Å². The fourth-order valence-corrected chi connectivity index (χ4v) is 3.34. The second kappa shape index (κ2) is 6.72. The van der Waals surface area contributed by atoms with E-state index in [-0.39, 0.29) is 5.43 Å². The third-order valence-corrected chi connectivity index (χ3v) is 4.68. The molecule has 140 valence electrons. The van der Waals surface area contributed by atoms with Crippen LogP contribution >= 0.6 is 0 Å². The van der Waals surface area contributed by atoms with E-state index in [1.54, 1.807) is 46.2 Å². The molecule has 2 aromatic carbocycles. The van der Waals surface area contributed by atoms with Gasteiger partial charge in [-0.2, -0.15) is 10.2 Å². The zero-order valence-electron chi connectivity index (χ0n) is 15.3. The number of pyridine rings is 1. The second-order valence-electron chi connectivity index (χ2n) is 6.54. The largest absolute Gasteiger partial charge is 0.399 e. The van der Waals surface area contributed by atoms with Crippen LogP contribution in [0, 0.1) is 0 Å². The topological polar surface area (TPSA) is 91.6 Å². The molecule has 0 aliphatic carbocycles. The summed E-state index contributed by atoms with van der Waals surface area (Å²) in [6.07, 6.45) is 5.01. The highest BCUT2D eigenvalue weighted by atomic mass is 16.1. The molecule has 29 heavy (non-hydrogen) atoms. The lowest BCUT2D eigenvalue weighted by Gasteiger charge is -2.11. The maximum absolute atomic E-state index is 12.7. The van der Waals surface area contributed by atoms with Gasteiger partial charge in [-0.3, -0.25) is 9.78 Å². The molecule has 0 saturated heterocycles. The van der Waals surface area contributed by atoms with Crippen LogP contribution < -0.4 is 11.2 Å². The van der Waals surface area contributed by atoms with Crippen LogP contribution in [0.3, 0.4) is 0 Å². The normalized spacial score (nSPS) is 11.0.